The molecule has 4 heterocycles. The van der Waals surface area contributed by atoms with Gasteiger partial charge in [0.15, 0.2) is 5.82 Å². The van der Waals surface area contributed by atoms with Crippen molar-refractivity contribution in [1.29, 1.82) is 0 Å². The van der Waals surface area contributed by atoms with E-state index in [1.54, 1.807) is 26.3 Å². The first-order valence-electron chi connectivity index (χ1n) is 15.3. The smallest absolute Gasteiger partial charge is 0.277 e. The first-order valence-corrected chi connectivity index (χ1v) is 17.7. The Morgan fingerprint density at radius 2 is 1.74 bits per heavy atom. The van der Waals surface area contributed by atoms with Crippen LogP contribution in [0.25, 0.3) is 33.3 Å². The highest BCUT2D eigenvalue weighted by Gasteiger charge is 2.33. The SMILES string of the molecule is CCc1cc2c(c(C)n1)c(-c1ccccc1)nn2Cc1ccc(-c2ccsc2S(=O)(=O)N(COCCOC)c2noc(C)c2C)cc1. The van der Waals surface area contributed by atoms with E-state index in [0.717, 1.165) is 66.7 Å². The van der Waals surface area contributed by atoms with Crippen molar-refractivity contribution in [3.63, 3.8) is 0 Å². The van der Waals surface area contributed by atoms with Gasteiger partial charge in [0, 0.05) is 40.6 Å². The summed E-state index contributed by atoms with van der Waals surface area (Å²) in [5.74, 6) is 0.741. The Hall–Kier alpha value is -4.36. The van der Waals surface area contributed by atoms with E-state index in [-0.39, 0.29) is 23.4 Å². The van der Waals surface area contributed by atoms with Gasteiger partial charge in [-0.2, -0.15) is 5.10 Å². The van der Waals surface area contributed by atoms with E-state index in [4.69, 9.17) is 24.1 Å². The number of hydrogen-bond acceptors (Lipinski definition) is 9. The lowest BCUT2D eigenvalue weighted by molar-refractivity contribution is 0.0753. The number of methoxy groups -OCH3 is 1. The highest BCUT2D eigenvalue weighted by molar-refractivity contribution is 7.94. The van der Waals surface area contributed by atoms with Crippen LogP contribution in [0.1, 0.15) is 35.2 Å². The van der Waals surface area contributed by atoms with E-state index in [9.17, 15) is 8.42 Å². The summed E-state index contributed by atoms with van der Waals surface area (Å²) in [6, 6.07) is 22.1. The molecular weight excluding hydrogens is 635 g/mol. The van der Waals surface area contributed by atoms with Gasteiger partial charge in [-0.3, -0.25) is 9.67 Å². The van der Waals surface area contributed by atoms with Crippen LogP contribution in [0, 0.1) is 20.8 Å². The number of ether oxygens (including phenoxy) is 2. The van der Waals surface area contributed by atoms with Crippen LogP contribution < -0.4 is 4.31 Å². The second-order valence-corrected chi connectivity index (χ2v) is 14.2. The Morgan fingerprint density at radius 3 is 2.43 bits per heavy atom. The molecule has 0 aliphatic rings. The number of sulfonamides is 1. The highest BCUT2D eigenvalue weighted by Crippen LogP contribution is 2.37. The standard InChI is InChI=1S/C35H37N5O5S2/c1-6-29-20-31-32(24(3)36-29)33(28-10-8-7-9-11-28)37-39(31)21-26-12-14-27(15-13-26)30-16-19-46-35(30)47(41,42)40(22-44-18-17-43-5)34-23(2)25(4)45-38-34/h7-16,19-20H,6,17-18,21-22H2,1-5H3. The monoisotopic (exact) mass is 671 g/mol. The molecule has 0 fully saturated rings. The van der Waals surface area contributed by atoms with Gasteiger partial charge >= 0.3 is 0 Å². The van der Waals surface area contributed by atoms with Crippen molar-refractivity contribution in [3.8, 4) is 22.4 Å². The Kier molecular flexibility index (Phi) is 9.55. The molecular formula is C35H37N5O5S2. The van der Waals surface area contributed by atoms with Crippen LogP contribution in [0.4, 0.5) is 5.82 Å². The summed E-state index contributed by atoms with van der Waals surface area (Å²) in [5, 5.41) is 11.9. The number of anilines is 1. The predicted octanol–water partition coefficient (Wildman–Crippen LogP) is 7.17. The van der Waals surface area contributed by atoms with Gasteiger partial charge in [0.05, 0.1) is 25.3 Å². The van der Waals surface area contributed by atoms with Crippen molar-refractivity contribution in [2.24, 2.45) is 0 Å². The number of benzene rings is 2. The maximum Gasteiger partial charge on any atom is 0.277 e. The van der Waals surface area contributed by atoms with Gasteiger partial charge < -0.3 is 14.0 Å². The molecule has 10 nitrogen and oxygen atoms in total. The average Bonchev–Trinajstić information content (AvgIpc) is 3.80. The Morgan fingerprint density at radius 1 is 0.979 bits per heavy atom. The summed E-state index contributed by atoms with van der Waals surface area (Å²) >= 11 is 1.16. The van der Waals surface area contributed by atoms with E-state index in [1.165, 1.54) is 0 Å². The molecule has 0 atom stereocenters. The van der Waals surface area contributed by atoms with Crippen LogP contribution in [-0.2, 0) is 32.5 Å². The van der Waals surface area contributed by atoms with Gasteiger partial charge in [-0.05, 0) is 55.8 Å². The molecule has 0 amide bonds. The van der Waals surface area contributed by atoms with Crippen LogP contribution in [0.5, 0.6) is 0 Å². The second-order valence-electron chi connectivity index (χ2n) is 11.2. The molecule has 47 heavy (non-hydrogen) atoms. The van der Waals surface area contributed by atoms with Gasteiger partial charge in [-0.15, -0.1) is 11.3 Å². The summed E-state index contributed by atoms with van der Waals surface area (Å²) in [6.07, 6.45) is 0.829. The van der Waals surface area contributed by atoms with Crippen molar-refractivity contribution < 1.29 is 22.4 Å². The topological polar surface area (TPSA) is 113 Å². The number of thiophene rings is 1. The fraction of sp³-hybridized carbons (Fsp3) is 0.286. The number of aromatic nitrogens is 4. The predicted molar refractivity (Wildman–Crippen MR) is 184 cm³/mol. The van der Waals surface area contributed by atoms with Crippen molar-refractivity contribution in [2.45, 2.75) is 44.9 Å². The van der Waals surface area contributed by atoms with Crippen LogP contribution in [-0.4, -0.2) is 55.4 Å². The molecule has 0 aliphatic carbocycles. The summed E-state index contributed by atoms with van der Waals surface area (Å²) < 4.78 is 47.8. The molecule has 244 valence electrons. The number of nitrogens with zero attached hydrogens (tertiary/aromatic N) is 5. The largest absolute Gasteiger partial charge is 0.382 e. The van der Waals surface area contributed by atoms with E-state index in [2.05, 4.69) is 30.3 Å². The van der Waals surface area contributed by atoms with Crippen molar-refractivity contribution in [1.82, 2.24) is 19.9 Å². The summed E-state index contributed by atoms with van der Waals surface area (Å²) in [7, 11) is -2.50. The van der Waals surface area contributed by atoms with E-state index in [0.29, 0.717) is 30.0 Å². The summed E-state index contributed by atoms with van der Waals surface area (Å²) in [5.41, 5.74) is 8.02. The molecule has 0 saturated carbocycles. The van der Waals surface area contributed by atoms with Crippen molar-refractivity contribution >= 4 is 38.1 Å². The van der Waals surface area contributed by atoms with Crippen LogP contribution in [0.15, 0.2) is 80.8 Å². The summed E-state index contributed by atoms with van der Waals surface area (Å²) in [6.45, 7) is 8.54. The third-order valence-corrected chi connectivity index (χ3v) is 11.3. The van der Waals surface area contributed by atoms with Gasteiger partial charge in [0.1, 0.15) is 22.4 Å². The molecule has 0 radical (unpaired) electrons. The zero-order chi connectivity index (χ0) is 33.1. The summed E-state index contributed by atoms with van der Waals surface area (Å²) in [4.78, 5) is 4.83. The molecule has 4 aromatic heterocycles. The number of rotatable bonds is 13. The van der Waals surface area contributed by atoms with Gasteiger partial charge in [-0.1, -0.05) is 66.7 Å². The fourth-order valence-electron chi connectivity index (χ4n) is 5.48. The minimum Gasteiger partial charge on any atom is -0.382 e. The van der Waals surface area contributed by atoms with Crippen LogP contribution in [0.2, 0.25) is 0 Å². The Balaban J connectivity index is 1.32. The van der Waals surface area contributed by atoms with E-state index < -0.39 is 10.0 Å². The lowest BCUT2D eigenvalue weighted by Crippen LogP contribution is -2.34. The van der Waals surface area contributed by atoms with Gasteiger partial charge in [0.25, 0.3) is 10.0 Å². The molecule has 0 spiro atoms. The maximum absolute atomic E-state index is 14.2. The quantitative estimate of drug-likeness (QED) is 0.0939. The maximum atomic E-state index is 14.2. The average molecular weight is 672 g/mol. The van der Waals surface area contributed by atoms with Crippen LogP contribution in [0.3, 0.4) is 0 Å². The Labute approximate surface area is 278 Å². The minimum absolute atomic E-state index is 0.196. The molecule has 0 unspecified atom stereocenters. The molecule has 0 bridgehead atoms. The Bertz CT molecular complexity index is 2100. The first kappa shape index (κ1) is 32.6. The number of pyridine rings is 1. The molecule has 0 saturated heterocycles. The third kappa shape index (κ3) is 6.46. The zero-order valence-electron chi connectivity index (χ0n) is 27.1. The molecule has 2 aromatic carbocycles. The number of fused-ring (bicyclic) bond motifs is 1. The lowest BCUT2D eigenvalue weighted by atomic mass is 10.1. The van der Waals surface area contributed by atoms with Gasteiger partial charge in [0.2, 0.25) is 0 Å². The van der Waals surface area contributed by atoms with E-state index in [1.807, 2.05) is 60.1 Å². The number of aryl methyl sites for hydroxylation is 3. The van der Waals surface area contributed by atoms with Gasteiger partial charge in [-0.25, -0.2) is 12.7 Å². The van der Waals surface area contributed by atoms with Crippen molar-refractivity contribution in [3.05, 3.63) is 100 Å². The minimum atomic E-state index is -4.06. The first-order chi connectivity index (χ1) is 22.7. The molecule has 12 heteroatoms. The highest BCUT2D eigenvalue weighted by atomic mass is 32.2. The zero-order valence-corrected chi connectivity index (χ0v) is 28.7. The third-order valence-electron chi connectivity index (χ3n) is 8.14. The molecule has 6 rings (SSSR count). The van der Waals surface area contributed by atoms with Crippen LogP contribution >= 0.6 is 11.3 Å². The molecule has 6 aromatic rings. The molecule has 0 N–H and O–H groups in total. The number of hydrogen-bond donors (Lipinski definition) is 0. The fourth-order valence-corrected chi connectivity index (χ4v) is 8.32. The van der Waals surface area contributed by atoms with E-state index >= 15 is 0 Å². The normalized spacial score (nSPS) is 11.9. The lowest BCUT2D eigenvalue weighted by Gasteiger charge is -2.22. The van der Waals surface area contributed by atoms with Crippen molar-refractivity contribution in [2.75, 3.05) is 31.4 Å². The second kappa shape index (κ2) is 13.8. The molecule has 0 aliphatic heterocycles.